The van der Waals surface area contributed by atoms with Crippen LogP contribution in [0.4, 0.5) is 4.39 Å². The maximum atomic E-state index is 13.9. The zero-order valence-corrected chi connectivity index (χ0v) is 12.0. The van der Waals surface area contributed by atoms with E-state index < -0.39 is 5.82 Å². The molecule has 0 radical (unpaired) electrons. The predicted molar refractivity (Wildman–Crippen MR) is 74.4 cm³/mol. The number of hydrogen-bond acceptors (Lipinski definition) is 5. The van der Waals surface area contributed by atoms with Crippen LogP contribution in [0.1, 0.15) is 12.6 Å². The molecule has 4 nitrogen and oxygen atoms in total. The first-order valence-corrected chi connectivity index (χ1v) is 6.96. The van der Waals surface area contributed by atoms with Gasteiger partial charge in [0.25, 0.3) is 0 Å². The minimum Gasteiger partial charge on any atom is -0.497 e. The second-order valence-corrected chi connectivity index (χ2v) is 4.83. The van der Waals surface area contributed by atoms with Crippen molar-refractivity contribution in [1.82, 2.24) is 4.98 Å². The van der Waals surface area contributed by atoms with Gasteiger partial charge in [0, 0.05) is 17.0 Å². The highest BCUT2D eigenvalue weighted by molar-refractivity contribution is 7.13. The summed E-state index contributed by atoms with van der Waals surface area (Å²) in [5.74, 6) is -0.282. The number of halogens is 1. The molecule has 0 aliphatic heterocycles. The van der Waals surface area contributed by atoms with E-state index in [0.29, 0.717) is 28.6 Å². The van der Waals surface area contributed by atoms with E-state index in [9.17, 15) is 9.18 Å². The van der Waals surface area contributed by atoms with Crippen molar-refractivity contribution in [3.63, 3.8) is 0 Å². The number of benzene rings is 1. The number of nitrogens with zero attached hydrogens (tertiary/aromatic N) is 1. The molecular formula is C14H14FNO3S. The van der Waals surface area contributed by atoms with Crippen molar-refractivity contribution in [3.8, 4) is 16.3 Å². The first kappa shape index (κ1) is 14.5. The van der Waals surface area contributed by atoms with Crippen LogP contribution in [0.2, 0.25) is 0 Å². The molecule has 0 unspecified atom stereocenters. The van der Waals surface area contributed by atoms with Crippen LogP contribution in [0.25, 0.3) is 10.6 Å². The number of thiazole rings is 1. The zero-order valence-electron chi connectivity index (χ0n) is 11.2. The van der Waals surface area contributed by atoms with Gasteiger partial charge in [-0.05, 0) is 19.1 Å². The van der Waals surface area contributed by atoms with Crippen LogP contribution in [-0.2, 0) is 16.0 Å². The minimum absolute atomic E-state index is 0.0993. The summed E-state index contributed by atoms with van der Waals surface area (Å²) in [6.45, 7) is 2.08. The van der Waals surface area contributed by atoms with Gasteiger partial charge in [-0.15, -0.1) is 11.3 Å². The number of aromatic nitrogens is 1. The van der Waals surface area contributed by atoms with Gasteiger partial charge in [-0.25, -0.2) is 9.37 Å². The second kappa shape index (κ2) is 6.47. The fourth-order valence-electron chi connectivity index (χ4n) is 1.67. The molecule has 2 rings (SSSR count). The fraction of sp³-hybridized carbons (Fsp3) is 0.286. The lowest BCUT2D eigenvalue weighted by Crippen LogP contribution is -2.07. The molecular weight excluding hydrogens is 281 g/mol. The fourth-order valence-corrected chi connectivity index (χ4v) is 2.51. The van der Waals surface area contributed by atoms with Gasteiger partial charge in [0.05, 0.1) is 25.8 Å². The van der Waals surface area contributed by atoms with Crippen molar-refractivity contribution in [2.75, 3.05) is 13.7 Å². The maximum Gasteiger partial charge on any atom is 0.311 e. The highest BCUT2D eigenvalue weighted by Gasteiger charge is 2.13. The van der Waals surface area contributed by atoms with Gasteiger partial charge in [0.15, 0.2) is 0 Å². The van der Waals surface area contributed by atoms with Crippen LogP contribution >= 0.6 is 11.3 Å². The second-order valence-electron chi connectivity index (χ2n) is 3.97. The van der Waals surface area contributed by atoms with Crippen molar-refractivity contribution in [1.29, 1.82) is 0 Å². The molecule has 0 saturated carbocycles. The normalized spacial score (nSPS) is 10.3. The third-order valence-corrected chi connectivity index (χ3v) is 3.51. The van der Waals surface area contributed by atoms with Crippen LogP contribution < -0.4 is 4.74 Å². The number of hydrogen-bond donors (Lipinski definition) is 0. The monoisotopic (exact) mass is 295 g/mol. The van der Waals surface area contributed by atoms with Crippen LogP contribution in [0.5, 0.6) is 5.75 Å². The summed E-state index contributed by atoms with van der Waals surface area (Å²) in [6, 6.07) is 4.59. The summed E-state index contributed by atoms with van der Waals surface area (Å²) in [4.78, 5) is 15.6. The van der Waals surface area contributed by atoms with E-state index in [0.717, 1.165) is 0 Å². The van der Waals surface area contributed by atoms with E-state index in [1.807, 2.05) is 0 Å². The first-order valence-electron chi connectivity index (χ1n) is 6.08. The molecule has 20 heavy (non-hydrogen) atoms. The highest BCUT2D eigenvalue weighted by atomic mass is 32.1. The smallest absolute Gasteiger partial charge is 0.311 e. The average molecular weight is 295 g/mol. The molecule has 0 fully saturated rings. The number of carbonyl (C=O) groups is 1. The lowest BCUT2D eigenvalue weighted by Gasteiger charge is -2.02. The average Bonchev–Trinajstić information content (AvgIpc) is 2.86. The van der Waals surface area contributed by atoms with E-state index in [-0.39, 0.29) is 12.4 Å². The van der Waals surface area contributed by atoms with Crippen molar-refractivity contribution in [2.24, 2.45) is 0 Å². The number of rotatable bonds is 5. The third-order valence-electron chi connectivity index (χ3n) is 2.59. The van der Waals surface area contributed by atoms with Gasteiger partial charge >= 0.3 is 5.97 Å². The molecule has 0 aliphatic carbocycles. The highest BCUT2D eigenvalue weighted by Crippen LogP contribution is 2.28. The van der Waals surface area contributed by atoms with Crippen LogP contribution in [0, 0.1) is 5.82 Å². The topological polar surface area (TPSA) is 48.4 Å². The standard InChI is InChI=1S/C14H14FNO3S/c1-3-19-13(17)6-9-8-20-14(16-9)11-5-4-10(18-2)7-12(11)15/h4-5,7-8H,3,6H2,1-2H3. The quantitative estimate of drug-likeness (QED) is 0.795. The molecule has 6 heteroatoms. The van der Waals surface area contributed by atoms with Crippen LogP contribution in [0.15, 0.2) is 23.6 Å². The van der Waals surface area contributed by atoms with Crippen molar-refractivity contribution in [2.45, 2.75) is 13.3 Å². The molecule has 1 aromatic heterocycles. The van der Waals surface area contributed by atoms with E-state index >= 15 is 0 Å². The van der Waals surface area contributed by atoms with Crippen LogP contribution in [0.3, 0.4) is 0 Å². The van der Waals surface area contributed by atoms with E-state index in [1.54, 1.807) is 24.4 Å². The Morgan fingerprint density at radius 2 is 2.25 bits per heavy atom. The number of methoxy groups -OCH3 is 1. The number of ether oxygens (including phenoxy) is 2. The van der Waals surface area contributed by atoms with Gasteiger partial charge in [-0.3, -0.25) is 4.79 Å². The largest absolute Gasteiger partial charge is 0.497 e. The Hall–Kier alpha value is -1.95. The molecule has 1 aromatic carbocycles. The van der Waals surface area contributed by atoms with Gasteiger partial charge in [-0.2, -0.15) is 0 Å². The van der Waals surface area contributed by atoms with Gasteiger partial charge in [-0.1, -0.05) is 0 Å². The van der Waals surface area contributed by atoms with E-state index in [1.165, 1.54) is 24.5 Å². The van der Waals surface area contributed by atoms with E-state index in [2.05, 4.69) is 4.98 Å². The molecule has 0 spiro atoms. The molecule has 106 valence electrons. The van der Waals surface area contributed by atoms with Gasteiger partial charge < -0.3 is 9.47 Å². The summed E-state index contributed by atoms with van der Waals surface area (Å²) in [7, 11) is 1.48. The van der Waals surface area contributed by atoms with Crippen molar-refractivity contribution < 1.29 is 18.7 Å². The van der Waals surface area contributed by atoms with Crippen LogP contribution in [-0.4, -0.2) is 24.7 Å². The van der Waals surface area contributed by atoms with Crippen molar-refractivity contribution in [3.05, 3.63) is 35.1 Å². The molecule has 0 amide bonds. The molecule has 0 bridgehead atoms. The lowest BCUT2D eigenvalue weighted by molar-refractivity contribution is -0.142. The Bertz CT molecular complexity index is 612. The molecule has 0 saturated heterocycles. The zero-order chi connectivity index (χ0) is 14.5. The Labute approximate surface area is 120 Å². The Morgan fingerprint density at radius 3 is 2.90 bits per heavy atom. The van der Waals surface area contributed by atoms with Crippen molar-refractivity contribution >= 4 is 17.3 Å². The van der Waals surface area contributed by atoms with E-state index in [4.69, 9.17) is 9.47 Å². The predicted octanol–water partition coefficient (Wildman–Crippen LogP) is 3.06. The number of esters is 1. The molecule has 0 atom stereocenters. The summed E-state index contributed by atoms with van der Waals surface area (Å²) in [5, 5.41) is 2.26. The Balaban J connectivity index is 2.18. The lowest BCUT2D eigenvalue weighted by atomic mass is 10.2. The summed E-state index contributed by atoms with van der Waals surface area (Å²) >= 11 is 1.29. The molecule has 1 heterocycles. The molecule has 0 N–H and O–H groups in total. The Kier molecular flexibility index (Phi) is 4.68. The third kappa shape index (κ3) is 3.33. The number of carbonyl (C=O) groups excluding carboxylic acids is 1. The summed E-state index contributed by atoms with van der Waals surface area (Å²) in [5.41, 5.74) is 0.976. The summed E-state index contributed by atoms with van der Waals surface area (Å²) < 4.78 is 23.7. The van der Waals surface area contributed by atoms with Gasteiger partial charge in [0.2, 0.25) is 0 Å². The maximum absolute atomic E-state index is 13.9. The Morgan fingerprint density at radius 1 is 1.45 bits per heavy atom. The molecule has 0 aliphatic rings. The minimum atomic E-state index is -0.401. The summed E-state index contributed by atoms with van der Waals surface area (Å²) in [6.07, 6.45) is 0.0993. The van der Waals surface area contributed by atoms with Gasteiger partial charge in [0.1, 0.15) is 16.6 Å². The SMILES string of the molecule is CCOC(=O)Cc1csc(-c2ccc(OC)cc2F)n1. The molecule has 2 aromatic rings. The first-order chi connectivity index (χ1) is 9.63.